The highest BCUT2D eigenvalue weighted by atomic mass is 19.1. The summed E-state index contributed by atoms with van der Waals surface area (Å²) in [6.45, 7) is 4.62. The maximum Gasteiger partial charge on any atom is 0.352 e. The molecule has 0 radical (unpaired) electrons. The number of carbonyl (C=O) groups is 1. The van der Waals surface area contributed by atoms with Crippen molar-refractivity contribution >= 4 is 5.91 Å². The van der Waals surface area contributed by atoms with Gasteiger partial charge in [0.05, 0.1) is 12.2 Å². The van der Waals surface area contributed by atoms with E-state index in [1.54, 1.807) is 23.1 Å². The number of amides is 1. The molecule has 1 amide bonds. The van der Waals surface area contributed by atoms with E-state index in [9.17, 15) is 18.8 Å². The molecule has 1 fully saturated rings. The number of hydrogen-bond acceptors (Lipinski definition) is 4. The minimum absolute atomic E-state index is 0.180. The lowest BCUT2D eigenvalue weighted by Gasteiger charge is -2.17. The van der Waals surface area contributed by atoms with Crippen molar-refractivity contribution < 1.29 is 9.18 Å². The standard InChI is InChI=1S/C23H23FN4O3/c1-15-9-10-18(13-16(15)2)28-23(31)27(14-17-7-3-4-8-19(17)24)22(30)20(25-28)21(29)26-11-5-6-12-26/h3-4,7-10,13H,5-6,11-12,14H2,1-2H3. The Morgan fingerprint density at radius 2 is 1.74 bits per heavy atom. The van der Waals surface area contributed by atoms with Gasteiger partial charge in [0.2, 0.25) is 5.69 Å². The smallest absolute Gasteiger partial charge is 0.337 e. The first-order chi connectivity index (χ1) is 14.9. The fourth-order valence-corrected chi connectivity index (χ4v) is 3.68. The normalized spacial score (nSPS) is 13.6. The third-order valence-corrected chi connectivity index (χ3v) is 5.68. The molecule has 0 atom stereocenters. The van der Waals surface area contributed by atoms with Crippen LogP contribution < -0.4 is 11.2 Å². The van der Waals surface area contributed by atoms with Crippen molar-refractivity contribution in [3.05, 3.63) is 91.5 Å². The number of hydrogen-bond donors (Lipinski definition) is 0. The second-order valence-electron chi connectivity index (χ2n) is 7.79. The van der Waals surface area contributed by atoms with E-state index in [1.165, 1.54) is 18.2 Å². The summed E-state index contributed by atoms with van der Waals surface area (Å²) >= 11 is 0. The highest BCUT2D eigenvalue weighted by molar-refractivity contribution is 5.92. The van der Waals surface area contributed by atoms with Crippen molar-refractivity contribution in [1.29, 1.82) is 0 Å². The molecule has 1 aromatic heterocycles. The van der Waals surface area contributed by atoms with Crippen molar-refractivity contribution in [3.8, 4) is 5.69 Å². The van der Waals surface area contributed by atoms with E-state index in [-0.39, 0.29) is 17.8 Å². The largest absolute Gasteiger partial charge is 0.352 e. The molecule has 2 aromatic carbocycles. The van der Waals surface area contributed by atoms with E-state index in [1.807, 2.05) is 19.9 Å². The lowest BCUT2D eigenvalue weighted by Crippen LogP contribution is -2.46. The molecule has 160 valence electrons. The molecule has 0 N–H and O–H groups in total. The zero-order chi connectivity index (χ0) is 22.1. The Bertz CT molecular complexity index is 1270. The van der Waals surface area contributed by atoms with E-state index in [2.05, 4.69) is 5.10 Å². The van der Waals surface area contributed by atoms with Gasteiger partial charge in [-0.15, -0.1) is 0 Å². The van der Waals surface area contributed by atoms with Gasteiger partial charge in [0, 0.05) is 18.7 Å². The number of aromatic nitrogens is 3. The minimum atomic E-state index is -0.815. The van der Waals surface area contributed by atoms with Gasteiger partial charge in [-0.25, -0.2) is 9.18 Å². The summed E-state index contributed by atoms with van der Waals surface area (Å²) in [5.41, 5.74) is 0.705. The van der Waals surface area contributed by atoms with Crippen LogP contribution >= 0.6 is 0 Å². The summed E-state index contributed by atoms with van der Waals surface area (Å²) in [5.74, 6) is -1.04. The van der Waals surface area contributed by atoms with Crippen molar-refractivity contribution in [3.63, 3.8) is 0 Å². The fraction of sp³-hybridized carbons (Fsp3) is 0.304. The molecule has 7 nitrogen and oxygen atoms in total. The van der Waals surface area contributed by atoms with Gasteiger partial charge in [-0.1, -0.05) is 24.3 Å². The minimum Gasteiger partial charge on any atom is -0.337 e. The number of halogens is 1. The molecular weight excluding hydrogens is 399 g/mol. The van der Waals surface area contributed by atoms with Gasteiger partial charge in [0.25, 0.3) is 11.5 Å². The Morgan fingerprint density at radius 1 is 1.03 bits per heavy atom. The van der Waals surface area contributed by atoms with Crippen molar-refractivity contribution in [2.75, 3.05) is 13.1 Å². The van der Waals surface area contributed by atoms with Crippen LogP contribution in [0.5, 0.6) is 0 Å². The quantitative estimate of drug-likeness (QED) is 0.647. The molecular formula is C23H23FN4O3. The van der Waals surface area contributed by atoms with Crippen LogP contribution in [0.2, 0.25) is 0 Å². The van der Waals surface area contributed by atoms with Crippen molar-refractivity contribution in [2.45, 2.75) is 33.2 Å². The predicted octanol–water partition coefficient (Wildman–Crippen LogP) is 2.43. The zero-order valence-electron chi connectivity index (χ0n) is 17.5. The topological polar surface area (TPSA) is 77.2 Å². The molecule has 4 rings (SSSR count). The van der Waals surface area contributed by atoms with Gasteiger partial charge in [-0.2, -0.15) is 9.78 Å². The van der Waals surface area contributed by atoms with E-state index in [4.69, 9.17) is 0 Å². The number of rotatable bonds is 4. The van der Waals surface area contributed by atoms with Gasteiger partial charge >= 0.3 is 5.69 Å². The monoisotopic (exact) mass is 422 g/mol. The second-order valence-corrected chi connectivity index (χ2v) is 7.79. The van der Waals surface area contributed by atoms with Gasteiger partial charge in [-0.3, -0.25) is 14.2 Å². The average molecular weight is 422 g/mol. The number of nitrogens with zero attached hydrogens (tertiary/aromatic N) is 4. The van der Waals surface area contributed by atoms with E-state index in [0.29, 0.717) is 18.8 Å². The SMILES string of the molecule is Cc1ccc(-n2nc(C(=O)N3CCCC3)c(=O)n(Cc3ccccc3F)c2=O)cc1C. The van der Waals surface area contributed by atoms with Crippen LogP contribution in [0.3, 0.4) is 0 Å². The average Bonchev–Trinajstić information content (AvgIpc) is 3.29. The number of likely N-dealkylation sites (tertiary alicyclic amines) is 1. The number of carbonyl (C=O) groups excluding carboxylic acids is 1. The van der Waals surface area contributed by atoms with Crippen molar-refractivity contribution in [2.24, 2.45) is 0 Å². The summed E-state index contributed by atoms with van der Waals surface area (Å²) < 4.78 is 16.2. The third kappa shape index (κ3) is 3.93. The van der Waals surface area contributed by atoms with Crippen LogP contribution in [0.4, 0.5) is 4.39 Å². The van der Waals surface area contributed by atoms with Crippen molar-refractivity contribution in [1.82, 2.24) is 19.2 Å². The Hall–Kier alpha value is -3.55. The number of aryl methyl sites for hydroxylation is 2. The van der Waals surface area contributed by atoms with Gasteiger partial charge in [0.1, 0.15) is 5.82 Å². The van der Waals surface area contributed by atoms with E-state index >= 15 is 0 Å². The fourth-order valence-electron chi connectivity index (χ4n) is 3.68. The van der Waals surface area contributed by atoms with Crippen LogP contribution in [0.1, 0.15) is 40.0 Å². The van der Waals surface area contributed by atoms with Gasteiger partial charge in [0.15, 0.2) is 0 Å². The van der Waals surface area contributed by atoms with Gasteiger partial charge < -0.3 is 4.90 Å². The highest BCUT2D eigenvalue weighted by Crippen LogP contribution is 2.14. The summed E-state index contributed by atoms with van der Waals surface area (Å²) in [6, 6.07) is 11.2. The molecule has 0 bridgehead atoms. The second kappa shape index (κ2) is 8.29. The Morgan fingerprint density at radius 3 is 2.42 bits per heavy atom. The molecule has 0 aliphatic carbocycles. The van der Waals surface area contributed by atoms with Gasteiger partial charge in [-0.05, 0) is 56.0 Å². The zero-order valence-corrected chi connectivity index (χ0v) is 17.5. The lowest BCUT2D eigenvalue weighted by molar-refractivity contribution is 0.0781. The summed E-state index contributed by atoms with van der Waals surface area (Å²) in [5, 5.41) is 4.17. The summed E-state index contributed by atoms with van der Waals surface area (Å²) in [7, 11) is 0. The third-order valence-electron chi connectivity index (χ3n) is 5.68. The first kappa shape index (κ1) is 20.7. The number of benzene rings is 2. The molecule has 31 heavy (non-hydrogen) atoms. The maximum atomic E-state index is 14.2. The van der Waals surface area contributed by atoms with E-state index in [0.717, 1.165) is 33.2 Å². The molecule has 0 unspecified atom stereocenters. The summed E-state index contributed by atoms with van der Waals surface area (Å²) in [4.78, 5) is 40.9. The Kier molecular flexibility index (Phi) is 5.54. The molecule has 3 aromatic rings. The molecule has 8 heteroatoms. The van der Waals surface area contributed by atoms with Crippen LogP contribution in [-0.4, -0.2) is 38.2 Å². The van der Waals surface area contributed by atoms with Crippen LogP contribution in [-0.2, 0) is 6.54 Å². The first-order valence-corrected chi connectivity index (χ1v) is 10.2. The van der Waals surface area contributed by atoms with Crippen LogP contribution in [0.15, 0.2) is 52.1 Å². The van der Waals surface area contributed by atoms with Crippen LogP contribution in [0.25, 0.3) is 5.69 Å². The molecule has 0 saturated carbocycles. The highest BCUT2D eigenvalue weighted by Gasteiger charge is 2.27. The van der Waals surface area contributed by atoms with Crippen LogP contribution in [0, 0.1) is 19.7 Å². The summed E-state index contributed by atoms with van der Waals surface area (Å²) in [6.07, 6.45) is 1.71. The Labute approximate surface area is 178 Å². The lowest BCUT2D eigenvalue weighted by atomic mass is 10.1. The van der Waals surface area contributed by atoms with E-state index < -0.39 is 23.0 Å². The maximum absolute atomic E-state index is 14.2. The molecule has 1 saturated heterocycles. The molecule has 1 aliphatic rings. The molecule has 0 spiro atoms. The first-order valence-electron chi connectivity index (χ1n) is 10.2. The molecule has 1 aliphatic heterocycles. The predicted molar refractivity (Wildman–Crippen MR) is 114 cm³/mol. The Balaban J connectivity index is 1.92. The molecule has 2 heterocycles.